The van der Waals surface area contributed by atoms with Crippen LogP contribution in [0.3, 0.4) is 0 Å². The zero-order chi connectivity index (χ0) is 13.1. The van der Waals surface area contributed by atoms with Gasteiger partial charge in [-0.05, 0) is 36.8 Å². The van der Waals surface area contributed by atoms with Crippen LogP contribution in [0.25, 0.3) is 0 Å². The molecule has 18 heavy (non-hydrogen) atoms. The monoisotopic (exact) mass is 245 g/mol. The Balaban J connectivity index is 2.14. The van der Waals surface area contributed by atoms with Crippen LogP contribution < -0.4 is 0 Å². The maximum atomic E-state index is 2.38. The molecule has 1 aromatic rings. The van der Waals surface area contributed by atoms with Crippen LogP contribution in [-0.4, -0.2) is 0 Å². The molecule has 0 unspecified atom stereocenters. The van der Waals surface area contributed by atoms with Crippen LogP contribution in [0.5, 0.6) is 0 Å². The van der Waals surface area contributed by atoms with Gasteiger partial charge < -0.3 is 0 Å². The summed E-state index contributed by atoms with van der Waals surface area (Å²) in [6.07, 6.45) is 14.3. The van der Waals surface area contributed by atoms with Gasteiger partial charge in [0, 0.05) is 0 Å². The Morgan fingerprint density at radius 3 is 2.11 bits per heavy atom. The minimum absolute atomic E-state index is 1.23. The van der Waals surface area contributed by atoms with Gasteiger partial charge in [-0.2, -0.15) is 0 Å². The molecule has 0 spiro atoms. The summed E-state index contributed by atoms with van der Waals surface area (Å²) in [7, 11) is 0. The molecule has 101 valence electrons. The lowest BCUT2D eigenvalue weighted by atomic mass is 10.0. The minimum Gasteiger partial charge on any atom is -0.0654 e. The lowest BCUT2D eigenvalue weighted by Crippen LogP contribution is -1.87. The molecule has 0 heterocycles. The molecule has 0 saturated heterocycles. The lowest BCUT2D eigenvalue weighted by Gasteiger charge is -2.04. The second-order valence-electron chi connectivity index (χ2n) is 5.25. The Kier molecular flexibility index (Phi) is 8.63. The molecule has 0 aliphatic rings. The summed E-state index contributed by atoms with van der Waals surface area (Å²) in [5.74, 6) is 0. The third kappa shape index (κ3) is 6.83. The van der Waals surface area contributed by atoms with Crippen LogP contribution in [0.2, 0.25) is 0 Å². The van der Waals surface area contributed by atoms with Crippen LogP contribution in [-0.2, 0) is 6.42 Å². The molecule has 0 fully saturated rings. The number of unbranched alkanes of at least 4 members (excludes halogenated alkanes) is 6. The van der Waals surface area contributed by atoms with Gasteiger partial charge in [0.2, 0.25) is 0 Å². The Bertz CT molecular complexity index is 283. The molecule has 0 aliphatic carbocycles. The summed E-state index contributed by atoms with van der Waals surface area (Å²) in [5.41, 5.74) is 2.88. The summed E-state index contributed by atoms with van der Waals surface area (Å²) in [5, 5.41) is 0. The van der Waals surface area contributed by atoms with Crippen LogP contribution in [0, 0.1) is 6.42 Å². The summed E-state index contributed by atoms with van der Waals surface area (Å²) in [4.78, 5) is 0. The largest absolute Gasteiger partial charge is 0.0654 e. The van der Waals surface area contributed by atoms with E-state index in [-0.39, 0.29) is 0 Å². The summed E-state index contributed by atoms with van der Waals surface area (Å²) in [6, 6.07) is 9.13. The van der Waals surface area contributed by atoms with Crippen molar-refractivity contribution in [2.45, 2.75) is 71.6 Å². The maximum Gasteiger partial charge on any atom is -0.00931 e. The zero-order valence-corrected chi connectivity index (χ0v) is 12.3. The first-order valence-corrected chi connectivity index (χ1v) is 7.79. The van der Waals surface area contributed by atoms with Crippen molar-refractivity contribution >= 4 is 0 Å². The molecule has 0 aliphatic heterocycles. The molecule has 1 aromatic carbocycles. The van der Waals surface area contributed by atoms with E-state index in [0.29, 0.717) is 0 Å². The lowest BCUT2D eigenvalue weighted by molar-refractivity contribution is 0.631. The average molecular weight is 245 g/mol. The molecule has 0 heteroatoms. The molecule has 1 rings (SSSR count). The average Bonchev–Trinajstić information content (AvgIpc) is 2.42. The van der Waals surface area contributed by atoms with Crippen LogP contribution >= 0.6 is 0 Å². The number of hydrogen-bond donors (Lipinski definition) is 0. The third-order valence-electron chi connectivity index (χ3n) is 3.49. The second-order valence-corrected chi connectivity index (χ2v) is 5.25. The van der Waals surface area contributed by atoms with Crippen LogP contribution in [0.1, 0.15) is 76.3 Å². The van der Waals surface area contributed by atoms with Gasteiger partial charge in [0.1, 0.15) is 0 Å². The van der Waals surface area contributed by atoms with Crippen molar-refractivity contribution < 1.29 is 0 Å². The van der Waals surface area contributed by atoms with E-state index in [2.05, 4.69) is 44.5 Å². The third-order valence-corrected chi connectivity index (χ3v) is 3.49. The highest BCUT2D eigenvalue weighted by Gasteiger charge is 1.96. The Morgan fingerprint density at radius 2 is 1.44 bits per heavy atom. The van der Waals surface area contributed by atoms with Gasteiger partial charge in [-0.3, -0.25) is 0 Å². The topological polar surface area (TPSA) is 0 Å². The van der Waals surface area contributed by atoms with E-state index < -0.39 is 0 Å². The zero-order valence-electron chi connectivity index (χ0n) is 12.3. The van der Waals surface area contributed by atoms with Crippen LogP contribution in [0.15, 0.2) is 24.3 Å². The van der Waals surface area contributed by atoms with Crippen molar-refractivity contribution in [1.82, 2.24) is 0 Å². The molecular formula is C18H29. The van der Waals surface area contributed by atoms with Gasteiger partial charge in [0.25, 0.3) is 0 Å². The summed E-state index contributed by atoms with van der Waals surface area (Å²) >= 11 is 0. The van der Waals surface area contributed by atoms with Crippen molar-refractivity contribution in [3.05, 3.63) is 41.8 Å². The predicted molar refractivity (Wildman–Crippen MR) is 81.8 cm³/mol. The normalized spacial score (nSPS) is 10.8. The fourth-order valence-electron chi connectivity index (χ4n) is 2.22. The number of hydrogen-bond acceptors (Lipinski definition) is 0. The highest BCUT2D eigenvalue weighted by Crippen LogP contribution is 2.13. The molecule has 0 saturated carbocycles. The van der Waals surface area contributed by atoms with Gasteiger partial charge in [0.15, 0.2) is 0 Å². The Morgan fingerprint density at radius 1 is 0.778 bits per heavy atom. The van der Waals surface area contributed by atoms with E-state index in [0.717, 1.165) is 0 Å². The first-order chi connectivity index (χ1) is 8.86. The predicted octanol–water partition coefficient (Wildman–Crippen LogP) is 5.94. The second kappa shape index (κ2) is 10.2. The van der Waals surface area contributed by atoms with E-state index in [1.165, 1.54) is 68.9 Å². The van der Waals surface area contributed by atoms with Crippen LogP contribution in [0.4, 0.5) is 0 Å². The van der Waals surface area contributed by atoms with Gasteiger partial charge in [-0.25, -0.2) is 0 Å². The van der Waals surface area contributed by atoms with Gasteiger partial charge >= 0.3 is 0 Å². The quantitative estimate of drug-likeness (QED) is 0.447. The van der Waals surface area contributed by atoms with Crippen molar-refractivity contribution in [3.63, 3.8) is 0 Å². The maximum absolute atomic E-state index is 2.38. The fraction of sp³-hybridized carbons (Fsp3) is 0.611. The van der Waals surface area contributed by atoms with Gasteiger partial charge in [-0.1, -0.05) is 76.6 Å². The Hall–Kier alpha value is -0.780. The number of rotatable bonds is 10. The molecule has 1 radical (unpaired) electrons. The highest BCUT2D eigenvalue weighted by molar-refractivity contribution is 5.27. The van der Waals surface area contributed by atoms with Gasteiger partial charge in [0.05, 0.1) is 0 Å². The van der Waals surface area contributed by atoms with E-state index in [4.69, 9.17) is 0 Å². The Labute approximate surface area is 114 Å². The van der Waals surface area contributed by atoms with E-state index >= 15 is 0 Å². The molecule has 0 atom stereocenters. The SMILES string of the molecule is CCCCCCC[CH]c1ccc(CCCC)cc1. The smallest absolute Gasteiger partial charge is 0.00931 e. The highest BCUT2D eigenvalue weighted by atomic mass is 14.0. The van der Waals surface area contributed by atoms with Crippen molar-refractivity contribution in [2.75, 3.05) is 0 Å². The minimum atomic E-state index is 1.23. The number of aryl methyl sites for hydroxylation is 1. The first kappa shape index (κ1) is 15.3. The van der Waals surface area contributed by atoms with Gasteiger partial charge in [-0.15, -0.1) is 0 Å². The molecule has 0 amide bonds. The molecule has 0 aromatic heterocycles. The summed E-state index contributed by atoms with van der Waals surface area (Å²) in [6.45, 7) is 4.52. The fourth-order valence-corrected chi connectivity index (χ4v) is 2.22. The number of benzene rings is 1. The van der Waals surface area contributed by atoms with E-state index in [1.54, 1.807) is 0 Å². The van der Waals surface area contributed by atoms with Crippen molar-refractivity contribution in [2.24, 2.45) is 0 Å². The first-order valence-electron chi connectivity index (χ1n) is 7.79. The van der Waals surface area contributed by atoms with E-state index in [9.17, 15) is 0 Å². The van der Waals surface area contributed by atoms with E-state index in [1.807, 2.05) is 0 Å². The van der Waals surface area contributed by atoms with Crippen molar-refractivity contribution in [3.8, 4) is 0 Å². The molecular weight excluding hydrogens is 216 g/mol. The molecule has 0 nitrogen and oxygen atoms in total. The summed E-state index contributed by atoms with van der Waals surface area (Å²) < 4.78 is 0. The standard InChI is InChI=1S/C18H29/c1-3-5-7-8-9-10-12-18-15-13-17(14-16-18)11-6-4-2/h12-16H,3-11H2,1-2H3. The van der Waals surface area contributed by atoms with Crippen molar-refractivity contribution in [1.29, 1.82) is 0 Å². The molecule has 0 N–H and O–H groups in total. The molecule has 0 bridgehead atoms.